The van der Waals surface area contributed by atoms with Crippen LogP contribution in [0, 0.1) is 5.82 Å². The van der Waals surface area contributed by atoms with Crippen molar-refractivity contribution in [2.45, 2.75) is 42.2 Å². The number of hydrogen-bond acceptors (Lipinski definition) is 2. The minimum Gasteiger partial charge on any atom is -0.218 e. The summed E-state index contributed by atoms with van der Waals surface area (Å²) in [6.07, 6.45) is -4.60. The van der Waals surface area contributed by atoms with Crippen molar-refractivity contribution in [1.82, 2.24) is 0 Å². The lowest BCUT2D eigenvalue weighted by atomic mass is 9.86. The van der Waals surface area contributed by atoms with Gasteiger partial charge in [-0.15, -0.1) is 0 Å². The molecule has 0 aromatic heterocycles. The van der Waals surface area contributed by atoms with Gasteiger partial charge >= 0.3 is 6.18 Å². The summed E-state index contributed by atoms with van der Waals surface area (Å²) in [5.74, 6) is -0.947. The molecule has 2 aromatic carbocycles. The summed E-state index contributed by atoms with van der Waals surface area (Å²) in [6.45, 7) is 4.80. The fraction of sp³-hybridized carbons (Fsp3) is 0.294. The molecule has 0 saturated heterocycles. The predicted octanol–water partition coefficient (Wildman–Crippen LogP) is 4.97. The van der Waals surface area contributed by atoms with Crippen LogP contribution in [0.25, 0.3) is 0 Å². The van der Waals surface area contributed by atoms with E-state index in [1.807, 2.05) is 0 Å². The van der Waals surface area contributed by atoms with Crippen LogP contribution in [-0.2, 0) is 21.4 Å². The molecule has 0 heterocycles. The fourth-order valence-electron chi connectivity index (χ4n) is 2.31. The summed E-state index contributed by atoms with van der Waals surface area (Å²) in [7, 11) is -4.29. The monoisotopic (exact) mass is 360 g/mol. The Morgan fingerprint density at radius 2 is 1.46 bits per heavy atom. The predicted molar refractivity (Wildman–Crippen MR) is 82.0 cm³/mol. The van der Waals surface area contributed by atoms with Crippen molar-refractivity contribution in [3.05, 3.63) is 59.4 Å². The number of sulfone groups is 1. The minimum atomic E-state index is -4.60. The summed E-state index contributed by atoms with van der Waals surface area (Å²) in [5.41, 5.74) is -1.84. The van der Waals surface area contributed by atoms with E-state index in [1.54, 1.807) is 20.8 Å². The lowest BCUT2D eigenvalue weighted by molar-refractivity contribution is -0.137. The van der Waals surface area contributed by atoms with E-state index in [1.165, 1.54) is 12.1 Å². The second kappa shape index (κ2) is 5.88. The molecule has 0 bridgehead atoms. The molecule has 2 aromatic rings. The van der Waals surface area contributed by atoms with Crippen LogP contribution in [0.5, 0.6) is 0 Å². The first kappa shape index (κ1) is 18.4. The summed E-state index contributed by atoms with van der Waals surface area (Å²) in [4.78, 5) is -0.886. The van der Waals surface area contributed by atoms with E-state index in [9.17, 15) is 26.0 Å². The van der Waals surface area contributed by atoms with E-state index in [-0.39, 0.29) is 10.5 Å². The van der Waals surface area contributed by atoms with Crippen molar-refractivity contribution >= 4 is 9.84 Å². The van der Waals surface area contributed by atoms with Gasteiger partial charge in [-0.1, -0.05) is 32.9 Å². The molecule has 130 valence electrons. The van der Waals surface area contributed by atoms with E-state index in [0.717, 1.165) is 24.3 Å². The maximum atomic E-state index is 13.9. The third-order valence-corrected chi connectivity index (χ3v) is 5.38. The zero-order valence-electron chi connectivity index (χ0n) is 13.3. The van der Waals surface area contributed by atoms with Crippen molar-refractivity contribution in [3.8, 4) is 0 Å². The van der Waals surface area contributed by atoms with Gasteiger partial charge in [-0.05, 0) is 41.3 Å². The van der Waals surface area contributed by atoms with Crippen LogP contribution in [0.1, 0.15) is 31.9 Å². The highest BCUT2D eigenvalue weighted by Crippen LogP contribution is 2.38. The van der Waals surface area contributed by atoms with Crippen molar-refractivity contribution < 1.29 is 26.0 Å². The largest absolute Gasteiger partial charge is 0.416 e. The molecule has 0 aliphatic rings. The van der Waals surface area contributed by atoms with Gasteiger partial charge in [0.05, 0.1) is 10.5 Å². The third-order valence-electron chi connectivity index (χ3n) is 3.53. The Kier molecular flexibility index (Phi) is 4.52. The molecular formula is C17H16F4O2S. The normalized spacial score (nSPS) is 13.1. The van der Waals surface area contributed by atoms with Crippen LogP contribution in [0.15, 0.2) is 52.3 Å². The third kappa shape index (κ3) is 3.45. The number of halogens is 4. The molecule has 0 saturated carbocycles. The Balaban J connectivity index is 2.77. The zero-order valence-corrected chi connectivity index (χ0v) is 14.1. The molecule has 0 radical (unpaired) electrons. The Morgan fingerprint density at radius 3 is 1.96 bits per heavy atom. The van der Waals surface area contributed by atoms with Crippen LogP contribution in [-0.4, -0.2) is 8.42 Å². The molecule has 7 heteroatoms. The second-order valence-corrected chi connectivity index (χ2v) is 8.28. The zero-order chi connectivity index (χ0) is 18.3. The van der Waals surface area contributed by atoms with Crippen LogP contribution >= 0.6 is 0 Å². The van der Waals surface area contributed by atoms with E-state index in [2.05, 4.69) is 0 Å². The molecule has 0 spiro atoms. The molecule has 2 rings (SSSR count). The molecule has 0 unspecified atom stereocenters. The van der Waals surface area contributed by atoms with Gasteiger partial charge in [-0.25, -0.2) is 12.8 Å². The molecule has 0 aliphatic heterocycles. The summed E-state index contributed by atoms with van der Waals surface area (Å²) >= 11 is 0. The van der Waals surface area contributed by atoms with E-state index >= 15 is 0 Å². The van der Waals surface area contributed by atoms with Crippen molar-refractivity contribution in [1.29, 1.82) is 0 Å². The maximum Gasteiger partial charge on any atom is 0.416 e. The molecule has 2 nitrogen and oxygen atoms in total. The molecule has 0 amide bonds. The standard InChI is InChI=1S/C17H16F4O2S/c1-16(2,3)12-10-11(17(19,20)21)8-9-14(12)24(22,23)15-7-5-4-6-13(15)18/h4-10H,1-3H3. The first-order valence-electron chi connectivity index (χ1n) is 7.06. The summed E-state index contributed by atoms with van der Waals surface area (Å²) in [6, 6.07) is 7.19. The Labute approximate surface area is 138 Å². The smallest absolute Gasteiger partial charge is 0.218 e. The molecule has 0 fully saturated rings. The van der Waals surface area contributed by atoms with Gasteiger partial charge in [-0.3, -0.25) is 0 Å². The lowest BCUT2D eigenvalue weighted by Gasteiger charge is -2.24. The number of benzene rings is 2. The summed E-state index contributed by atoms with van der Waals surface area (Å²) < 4.78 is 78.3. The van der Waals surface area contributed by atoms with Crippen molar-refractivity contribution in [3.63, 3.8) is 0 Å². The minimum absolute atomic E-state index is 0.0134. The highest BCUT2D eigenvalue weighted by molar-refractivity contribution is 7.91. The second-order valence-electron chi connectivity index (χ2n) is 6.39. The van der Waals surface area contributed by atoms with Gasteiger partial charge in [0.25, 0.3) is 0 Å². The van der Waals surface area contributed by atoms with Crippen LogP contribution in [0.3, 0.4) is 0 Å². The van der Waals surface area contributed by atoms with Crippen molar-refractivity contribution in [2.24, 2.45) is 0 Å². The van der Waals surface area contributed by atoms with Crippen LogP contribution in [0.2, 0.25) is 0 Å². The quantitative estimate of drug-likeness (QED) is 0.708. The summed E-state index contributed by atoms with van der Waals surface area (Å²) in [5, 5.41) is 0. The van der Waals surface area contributed by atoms with Crippen LogP contribution < -0.4 is 0 Å². The average Bonchev–Trinajstić information content (AvgIpc) is 2.45. The molecule has 24 heavy (non-hydrogen) atoms. The van der Waals surface area contributed by atoms with Gasteiger partial charge in [0, 0.05) is 0 Å². The number of alkyl halides is 3. The highest BCUT2D eigenvalue weighted by atomic mass is 32.2. The van der Waals surface area contributed by atoms with E-state index < -0.39 is 37.7 Å². The van der Waals surface area contributed by atoms with Gasteiger partial charge in [0.1, 0.15) is 10.7 Å². The average molecular weight is 360 g/mol. The van der Waals surface area contributed by atoms with Gasteiger partial charge in [0.2, 0.25) is 9.84 Å². The maximum absolute atomic E-state index is 13.9. The van der Waals surface area contributed by atoms with Crippen molar-refractivity contribution in [2.75, 3.05) is 0 Å². The Morgan fingerprint density at radius 1 is 0.875 bits per heavy atom. The molecule has 0 aliphatic carbocycles. The molecule has 0 atom stereocenters. The first-order chi connectivity index (χ1) is 10.8. The topological polar surface area (TPSA) is 34.1 Å². The van der Waals surface area contributed by atoms with Gasteiger partial charge < -0.3 is 0 Å². The number of hydrogen-bond donors (Lipinski definition) is 0. The Hall–Kier alpha value is -1.89. The van der Waals surface area contributed by atoms with E-state index in [0.29, 0.717) is 6.07 Å². The Bertz CT molecular complexity index is 863. The van der Waals surface area contributed by atoms with Gasteiger partial charge in [0.15, 0.2) is 0 Å². The lowest BCUT2D eigenvalue weighted by Crippen LogP contribution is -2.19. The molecule has 0 N–H and O–H groups in total. The van der Waals surface area contributed by atoms with E-state index in [4.69, 9.17) is 0 Å². The van der Waals surface area contributed by atoms with Crippen LogP contribution in [0.4, 0.5) is 17.6 Å². The highest BCUT2D eigenvalue weighted by Gasteiger charge is 2.35. The fourth-order valence-corrected chi connectivity index (χ4v) is 4.03. The van der Waals surface area contributed by atoms with Gasteiger partial charge in [-0.2, -0.15) is 13.2 Å². The first-order valence-corrected chi connectivity index (χ1v) is 8.55. The molecular weight excluding hydrogens is 344 g/mol. The SMILES string of the molecule is CC(C)(C)c1cc(C(F)(F)F)ccc1S(=O)(=O)c1ccccc1F. The number of rotatable bonds is 2.